The summed E-state index contributed by atoms with van der Waals surface area (Å²) in [6.07, 6.45) is 8.58. The molecule has 4 aliphatic carbocycles. The Kier molecular flexibility index (Phi) is 7.77. The number of fused-ring (bicyclic) bond motifs is 1. The molecule has 2 N–H and O–H groups in total. The number of nitrogens with one attached hydrogen (secondary N) is 1. The van der Waals surface area contributed by atoms with Crippen molar-refractivity contribution in [1.29, 1.82) is 0 Å². The zero-order chi connectivity index (χ0) is 27.1. The Morgan fingerprint density at radius 2 is 1.69 bits per heavy atom. The molecule has 2 atom stereocenters. The van der Waals surface area contributed by atoms with E-state index < -0.39 is 5.92 Å². The van der Waals surface area contributed by atoms with Crippen LogP contribution in [0.1, 0.15) is 84.0 Å². The Bertz CT molecular complexity index is 1180. The lowest BCUT2D eigenvalue weighted by molar-refractivity contribution is -0.125. The molecule has 0 spiro atoms. The minimum atomic E-state index is -0.481. The van der Waals surface area contributed by atoms with E-state index in [0.29, 0.717) is 12.1 Å². The predicted octanol–water partition coefficient (Wildman–Crippen LogP) is 5.46. The van der Waals surface area contributed by atoms with Crippen molar-refractivity contribution in [2.24, 2.45) is 23.2 Å². The second kappa shape index (κ2) is 11.1. The second-order valence-corrected chi connectivity index (χ2v) is 14.4. The Hall–Kier alpha value is -1.97. The van der Waals surface area contributed by atoms with Crippen LogP contribution in [-0.4, -0.2) is 51.6 Å². The molecule has 39 heavy (non-hydrogen) atoms. The Labute approximate surface area is 246 Å². The molecular weight excluding hydrogens is 601 g/mol. The number of carbonyl (C=O) groups is 2. The third-order valence-electron chi connectivity index (χ3n) is 9.84. The van der Waals surface area contributed by atoms with Crippen molar-refractivity contribution in [2.75, 3.05) is 26.7 Å². The monoisotopic (exact) mass is 641 g/mol. The zero-order valence-corrected chi connectivity index (χ0v) is 25.0. The van der Waals surface area contributed by atoms with Gasteiger partial charge in [-0.1, -0.05) is 42.5 Å². The molecule has 0 unspecified atom stereocenters. The standard InChI is InChI=1S/C32H40IN3O3/c1-35(33)12-4-11-34-30(38)28-26-5-2-3-6-27(26)31(39)36(29(28)25-9-7-21(19-37)8-10-25)20-32-16-22-13-23(17-32)15-24(14-22)18-32/h2-3,5-10,22-24,28-29,37H,4,11-20H2,1H3,(H,34,38)/t22?,23?,24?,28-,29+,32?/m1/s1. The van der Waals surface area contributed by atoms with Gasteiger partial charge in [-0.25, -0.2) is 0 Å². The van der Waals surface area contributed by atoms with Crippen LogP contribution in [0, 0.1) is 23.2 Å². The van der Waals surface area contributed by atoms with Crippen LogP contribution in [-0.2, 0) is 11.4 Å². The van der Waals surface area contributed by atoms with Gasteiger partial charge in [-0.2, -0.15) is 0 Å². The highest BCUT2D eigenvalue weighted by Crippen LogP contribution is 2.61. The van der Waals surface area contributed by atoms with Crippen molar-refractivity contribution in [3.8, 4) is 0 Å². The predicted molar refractivity (Wildman–Crippen MR) is 160 cm³/mol. The van der Waals surface area contributed by atoms with E-state index in [9.17, 15) is 14.7 Å². The van der Waals surface area contributed by atoms with Gasteiger partial charge in [-0.3, -0.25) is 12.7 Å². The molecule has 2 aromatic carbocycles. The Balaban J connectivity index is 1.38. The summed E-state index contributed by atoms with van der Waals surface area (Å²) in [5, 5.41) is 12.9. The van der Waals surface area contributed by atoms with Crippen molar-refractivity contribution >= 4 is 34.7 Å². The average Bonchev–Trinajstić information content (AvgIpc) is 2.91. The summed E-state index contributed by atoms with van der Waals surface area (Å²) >= 11 is 2.26. The van der Waals surface area contributed by atoms with Gasteiger partial charge in [0.25, 0.3) is 5.91 Å². The van der Waals surface area contributed by atoms with Crippen molar-refractivity contribution in [3.05, 3.63) is 70.8 Å². The van der Waals surface area contributed by atoms with Crippen LogP contribution < -0.4 is 5.32 Å². The summed E-state index contributed by atoms with van der Waals surface area (Å²) in [6.45, 7) is 2.19. The van der Waals surface area contributed by atoms with Gasteiger partial charge < -0.3 is 15.3 Å². The molecule has 1 aliphatic heterocycles. The molecule has 2 amide bonds. The van der Waals surface area contributed by atoms with Crippen LogP contribution in [0.15, 0.2) is 48.5 Å². The van der Waals surface area contributed by atoms with E-state index in [-0.39, 0.29) is 29.9 Å². The molecule has 0 saturated heterocycles. The molecule has 0 aromatic heterocycles. The zero-order valence-electron chi connectivity index (χ0n) is 22.8. The first-order valence-corrected chi connectivity index (χ1v) is 15.6. The molecule has 7 rings (SSSR count). The smallest absolute Gasteiger partial charge is 0.254 e. The van der Waals surface area contributed by atoms with Gasteiger partial charge >= 0.3 is 0 Å². The van der Waals surface area contributed by atoms with Gasteiger partial charge in [0, 0.05) is 48.1 Å². The van der Waals surface area contributed by atoms with E-state index in [0.717, 1.165) is 54.0 Å². The van der Waals surface area contributed by atoms with Crippen LogP contribution >= 0.6 is 22.9 Å². The topological polar surface area (TPSA) is 72.9 Å². The van der Waals surface area contributed by atoms with Crippen molar-refractivity contribution in [3.63, 3.8) is 0 Å². The number of rotatable bonds is 9. The normalized spacial score (nSPS) is 31.0. The van der Waals surface area contributed by atoms with Crippen LogP contribution in [0.3, 0.4) is 0 Å². The van der Waals surface area contributed by atoms with E-state index in [1.807, 2.05) is 55.6 Å². The minimum absolute atomic E-state index is 0.0159. The van der Waals surface area contributed by atoms with E-state index in [1.54, 1.807) is 0 Å². The van der Waals surface area contributed by atoms with Gasteiger partial charge in [0.05, 0.1) is 18.6 Å². The molecule has 7 heteroatoms. The van der Waals surface area contributed by atoms with Gasteiger partial charge in [0.15, 0.2) is 0 Å². The molecule has 4 saturated carbocycles. The first kappa shape index (κ1) is 27.2. The largest absolute Gasteiger partial charge is 0.392 e. The SMILES string of the molecule is CN(I)CCCNC(=O)[C@@H]1c2ccccc2C(=O)N(CC23CC4CC(CC(C4)C2)C3)[C@H]1c1ccc(CO)cc1. The van der Waals surface area contributed by atoms with E-state index >= 15 is 0 Å². The third kappa shape index (κ3) is 5.38. The highest BCUT2D eigenvalue weighted by atomic mass is 127. The fraction of sp³-hybridized carbons (Fsp3) is 0.562. The number of carbonyl (C=O) groups excluding carboxylic acids is 2. The number of aliphatic hydroxyl groups excluding tert-OH is 1. The number of hydrogen-bond donors (Lipinski definition) is 2. The lowest BCUT2D eigenvalue weighted by atomic mass is 9.49. The van der Waals surface area contributed by atoms with E-state index in [1.165, 1.54) is 38.5 Å². The summed E-state index contributed by atoms with van der Waals surface area (Å²) in [7, 11) is 2.03. The molecule has 4 bridgehead atoms. The van der Waals surface area contributed by atoms with Crippen LogP contribution in [0.5, 0.6) is 0 Å². The van der Waals surface area contributed by atoms with Gasteiger partial charge in [-0.05, 0) is 97.9 Å². The Morgan fingerprint density at radius 1 is 1.05 bits per heavy atom. The maximum Gasteiger partial charge on any atom is 0.254 e. The molecular formula is C32H40IN3O3. The van der Waals surface area contributed by atoms with Crippen LogP contribution in [0.25, 0.3) is 0 Å². The number of hydrogen-bond acceptors (Lipinski definition) is 4. The van der Waals surface area contributed by atoms with Crippen molar-refractivity contribution < 1.29 is 14.7 Å². The number of aliphatic hydroxyl groups is 1. The third-order valence-corrected chi connectivity index (χ3v) is 10.3. The summed E-state index contributed by atoms with van der Waals surface area (Å²) in [5.41, 5.74) is 3.44. The van der Waals surface area contributed by atoms with Crippen LogP contribution in [0.4, 0.5) is 0 Å². The second-order valence-electron chi connectivity index (χ2n) is 12.7. The molecule has 4 fully saturated rings. The lowest BCUT2D eigenvalue weighted by Gasteiger charge is -2.59. The summed E-state index contributed by atoms with van der Waals surface area (Å²) in [4.78, 5) is 30.4. The Morgan fingerprint density at radius 3 is 2.31 bits per heavy atom. The van der Waals surface area contributed by atoms with E-state index in [2.05, 4.69) is 36.2 Å². The fourth-order valence-corrected chi connectivity index (χ4v) is 9.05. The minimum Gasteiger partial charge on any atom is -0.392 e. The molecule has 6 nitrogen and oxygen atoms in total. The maximum atomic E-state index is 14.3. The number of amides is 2. The number of halogens is 1. The lowest BCUT2D eigenvalue weighted by Crippen LogP contribution is -2.55. The summed E-state index contributed by atoms with van der Waals surface area (Å²) in [6, 6.07) is 15.2. The molecule has 0 radical (unpaired) electrons. The highest BCUT2D eigenvalue weighted by molar-refractivity contribution is 14.1. The summed E-state index contributed by atoms with van der Waals surface area (Å²) < 4.78 is 2.09. The van der Waals surface area contributed by atoms with Crippen molar-refractivity contribution in [1.82, 2.24) is 13.3 Å². The van der Waals surface area contributed by atoms with Gasteiger partial charge in [0.1, 0.15) is 0 Å². The van der Waals surface area contributed by atoms with Gasteiger partial charge in [0.2, 0.25) is 5.91 Å². The molecule has 5 aliphatic rings. The molecule has 1 heterocycles. The van der Waals surface area contributed by atoms with Crippen molar-refractivity contribution in [2.45, 2.75) is 63.5 Å². The number of benzene rings is 2. The molecule has 2 aromatic rings. The van der Waals surface area contributed by atoms with E-state index in [4.69, 9.17) is 0 Å². The fourth-order valence-electron chi connectivity index (χ4n) is 8.70. The average molecular weight is 642 g/mol. The maximum absolute atomic E-state index is 14.3. The van der Waals surface area contributed by atoms with Crippen LogP contribution in [0.2, 0.25) is 0 Å². The molecule has 208 valence electrons. The first-order chi connectivity index (χ1) is 18.9. The van der Waals surface area contributed by atoms with Gasteiger partial charge in [-0.15, -0.1) is 0 Å². The quantitative estimate of drug-likeness (QED) is 0.217. The number of nitrogens with zero attached hydrogens (tertiary/aromatic N) is 2. The summed E-state index contributed by atoms with van der Waals surface area (Å²) in [5.74, 6) is 1.93. The first-order valence-electron chi connectivity index (χ1n) is 14.6. The highest BCUT2D eigenvalue weighted by Gasteiger charge is 2.54.